The molecule has 108 valence electrons. The van der Waals surface area contributed by atoms with Crippen LogP contribution in [-0.2, 0) is 6.54 Å². The van der Waals surface area contributed by atoms with Crippen molar-refractivity contribution in [3.63, 3.8) is 0 Å². The van der Waals surface area contributed by atoms with E-state index in [0.717, 1.165) is 26.4 Å². The molecular formula is C15H19IN2OS. The fraction of sp³-hybridized carbons (Fsp3) is 0.467. The van der Waals surface area contributed by atoms with Crippen molar-refractivity contribution in [1.29, 1.82) is 0 Å². The largest absolute Gasteiger partial charge is 0.287 e. The molecule has 2 aromatic rings. The number of nitrogens with zero attached hydrogens (tertiary/aromatic N) is 2. The van der Waals surface area contributed by atoms with E-state index in [9.17, 15) is 4.79 Å². The lowest BCUT2D eigenvalue weighted by molar-refractivity contribution is 0.620. The Morgan fingerprint density at radius 3 is 2.80 bits per heavy atom. The predicted octanol–water partition coefficient (Wildman–Crippen LogP) is 4.16. The molecule has 1 heterocycles. The minimum Gasteiger partial charge on any atom is -0.287 e. The summed E-state index contributed by atoms with van der Waals surface area (Å²) >= 11 is 3.91. The van der Waals surface area contributed by atoms with Gasteiger partial charge in [0.25, 0.3) is 5.56 Å². The molecule has 0 fully saturated rings. The minimum atomic E-state index is 0.0723. The van der Waals surface area contributed by atoms with Gasteiger partial charge in [0.05, 0.1) is 10.9 Å². The van der Waals surface area contributed by atoms with Gasteiger partial charge < -0.3 is 0 Å². The van der Waals surface area contributed by atoms with E-state index in [2.05, 4.69) is 41.4 Å². The Kier molecular flexibility index (Phi) is 5.49. The van der Waals surface area contributed by atoms with Crippen molar-refractivity contribution in [3.05, 3.63) is 32.1 Å². The van der Waals surface area contributed by atoms with Crippen LogP contribution >= 0.6 is 34.4 Å². The van der Waals surface area contributed by atoms with E-state index < -0.39 is 0 Å². The predicted molar refractivity (Wildman–Crippen MR) is 94.6 cm³/mol. The minimum absolute atomic E-state index is 0.0723. The van der Waals surface area contributed by atoms with Crippen LogP contribution in [-0.4, -0.2) is 15.3 Å². The van der Waals surface area contributed by atoms with Gasteiger partial charge in [-0.25, -0.2) is 4.98 Å². The summed E-state index contributed by atoms with van der Waals surface area (Å²) < 4.78 is 2.85. The summed E-state index contributed by atoms with van der Waals surface area (Å²) in [5, 5.41) is 1.55. The zero-order chi connectivity index (χ0) is 14.7. The van der Waals surface area contributed by atoms with Crippen molar-refractivity contribution < 1.29 is 0 Å². The fourth-order valence-electron chi connectivity index (χ4n) is 1.95. The molecule has 0 unspecified atom stereocenters. The van der Waals surface area contributed by atoms with Gasteiger partial charge in [-0.15, -0.1) is 0 Å². The van der Waals surface area contributed by atoms with E-state index in [4.69, 9.17) is 0 Å². The lowest BCUT2D eigenvalue weighted by Gasteiger charge is -2.11. The summed E-state index contributed by atoms with van der Waals surface area (Å²) in [7, 11) is 0. The third-order valence-corrected chi connectivity index (χ3v) is 4.80. The summed E-state index contributed by atoms with van der Waals surface area (Å²) in [5.74, 6) is 1.67. The molecule has 0 N–H and O–H groups in total. The first-order chi connectivity index (χ1) is 9.52. The number of rotatable bonds is 5. The number of hydrogen-bond acceptors (Lipinski definition) is 3. The van der Waals surface area contributed by atoms with Crippen LogP contribution < -0.4 is 5.56 Å². The van der Waals surface area contributed by atoms with Crippen molar-refractivity contribution in [2.45, 2.75) is 38.9 Å². The SMILES string of the molecule is CCn1c(SCCC(C)C)nc2ccc(I)cc2c1=O. The summed E-state index contributed by atoms with van der Waals surface area (Å²) in [6, 6.07) is 5.85. The maximum absolute atomic E-state index is 12.5. The van der Waals surface area contributed by atoms with E-state index in [0.29, 0.717) is 17.8 Å². The number of halogens is 1. The molecular weight excluding hydrogens is 383 g/mol. The second-order valence-electron chi connectivity index (χ2n) is 5.14. The number of hydrogen-bond donors (Lipinski definition) is 0. The summed E-state index contributed by atoms with van der Waals surface area (Å²) in [6.07, 6.45) is 1.13. The van der Waals surface area contributed by atoms with Gasteiger partial charge in [-0.05, 0) is 60.1 Å². The highest BCUT2D eigenvalue weighted by Gasteiger charge is 2.10. The first-order valence-corrected chi connectivity index (χ1v) is 8.92. The van der Waals surface area contributed by atoms with E-state index >= 15 is 0 Å². The summed E-state index contributed by atoms with van der Waals surface area (Å²) in [4.78, 5) is 17.2. The first-order valence-electron chi connectivity index (χ1n) is 6.85. The summed E-state index contributed by atoms with van der Waals surface area (Å²) in [6.45, 7) is 7.08. The molecule has 1 aromatic carbocycles. The molecule has 0 saturated carbocycles. The quantitative estimate of drug-likeness (QED) is 0.428. The molecule has 0 atom stereocenters. The third-order valence-electron chi connectivity index (χ3n) is 3.12. The van der Waals surface area contributed by atoms with Crippen molar-refractivity contribution in [2.75, 3.05) is 5.75 Å². The molecule has 0 radical (unpaired) electrons. The van der Waals surface area contributed by atoms with Gasteiger partial charge in [-0.3, -0.25) is 9.36 Å². The molecule has 1 aromatic heterocycles. The Balaban J connectivity index is 2.44. The van der Waals surface area contributed by atoms with Crippen molar-refractivity contribution in [2.24, 2.45) is 5.92 Å². The van der Waals surface area contributed by atoms with E-state index in [1.54, 1.807) is 16.3 Å². The average molecular weight is 402 g/mol. The van der Waals surface area contributed by atoms with Crippen LogP contribution in [0.25, 0.3) is 10.9 Å². The normalized spacial score (nSPS) is 11.4. The molecule has 0 bridgehead atoms. The Morgan fingerprint density at radius 2 is 2.15 bits per heavy atom. The van der Waals surface area contributed by atoms with Crippen molar-refractivity contribution in [1.82, 2.24) is 9.55 Å². The molecule has 0 amide bonds. The van der Waals surface area contributed by atoms with Crippen molar-refractivity contribution in [3.8, 4) is 0 Å². The second-order valence-corrected chi connectivity index (χ2v) is 7.44. The number of fused-ring (bicyclic) bond motifs is 1. The Bertz CT molecular complexity index is 667. The van der Waals surface area contributed by atoms with Gasteiger partial charge in [0, 0.05) is 15.9 Å². The number of aromatic nitrogens is 2. The number of benzene rings is 1. The zero-order valence-electron chi connectivity index (χ0n) is 12.0. The van der Waals surface area contributed by atoms with Crippen LogP contribution in [0.15, 0.2) is 28.2 Å². The Morgan fingerprint density at radius 1 is 1.40 bits per heavy atom. The van der Waals surface area contributed by atoms with E-state index in [1.165, 1.54) is 0 Å². The molecule has 0 saturated heterocycles. The van der Waals surface area contributed by atoms with E-state index in [1.807, 2.05) is 25.1 Å². The monoisotopic (exact) mass is 402 g/mol. The molecule has 2 rings (SSSR count). The van der Waals surface area contributed by atoms with Crippen LogP contribution in [0.2, 0.25) is 0 Å². The highest BCUT2D eigenvalue weighted by atomic mass is 127. The zero-order valence-corrected chi connectivity index (χ0v) is 15.0. The van der Waals surface area contributed by atoms with Crippen LogP contribution in [0.1, 0.15) is 27.2 Å². The first kappa shape index (κ1) is 15.8. The highest BCUT2D eigenvalue weighted by molar-refractivity contribution is 14.1. The van der Waals surface area contributed by atoms with Gasteiger partial charge >= 0.3 is 0 Å². The molecule has 0 aliphatic heterocycles. The number of thioether (sulfide) groups is 1. The Hall–Kier alpha value is -0.560. The van der Waals surface area contributed by atoms with Gasteiger partial charge in [0.15, 0.2) is 5.16 Å². The fourth-order valence-corrected chi connectivity index (χ4v) is 3.74. The van der Waals surface area contributed by atoms with Crippen LogP contribution in [0, 0.1) is 9.49 Å². The maximum Gasteiger partial charge on any atom is 0.262 e. The third kappa shape index (κ3) is 3.55. The molecule has 0 aliphatic rings. The molecule has 5 heteroatoms. The molecule has 0 aliphatic carbocycles. The molecule has 0 spiro atoms. The topological polar surface area (TPSA) is 34.9 Å². The smallest absolute Gasteiger partial charge is 0.262 e. The standard InChI is InChI=1S/C15H19IN2OS/c1-4-18-14(19)12-9-11(16)5-6-13(12)17-15(18)20-8-7-10(2)3/h5-6,9-10H,4,7-8H2,1-3H3. The van der Waals surface area contributed by atoms with Gasteiger partial charge in [-0.2, -0.15) is 0 Å². The van der Waals surface area contributed by atoms with Crippen LogP contribution in [0.4, 0.5) is 0 Å². The van der Waals surface area contributed by atoms with Gasteiger partial charge in [0.2, 0.25) is 0 Å². The average Bonchev–Trinajstić information content (AvgIpc) is 2.40. The Labute approximate surface area is 137 Å². The molecule has 20 heavy (non-hydrogen) atoms. The van der Waals surface area contributed by atoms with Crippen LogP contribution in [0.5, 0.6) is 0 Å². The van der Waals surface area contributed by atoms with Gasteiger partial charge in [0.1, 0.15) is 0 Å². The van der Waals surface area contributed by atoms with Crippen molar-refractivity contribution >= 4 is 45.3 Å². The lowest BCUT2D eigenvalue weighted by Crippen LogP contribution is -2.22. The summed E-state index contributed by atoms with van der Waals surface area (Å²) in [5.41, 5.74) is 0.871. The maximum atomic E-state index is 12.5. The second kappa shape index (κ2) is 6.93. The van der Waals surface area contributed by atoms with Gasteiger partial charge in [-0.1, -0.05) is 25.6 Å². The highest BCUT2D eigenvalue weighted by Crippen LogP contribution is 2.21. The molecule has 3 nitrogen and oxygen atoms in total. The lowest BCUT2D eigenvalue weighted by atomic mass is 10.2. The van der Waals surface area contributed by atoms with E-state index in [-0.39, 0.29) is 5.56 Å². The van der Waals surface area contributed by atoms with Crippen LogP contribution in [0.3, 0.4) is 0 Å².